The van der Waals surface area contributed by atoms with Crippen molar-refractivity contribution in [3.05, 3.63) is 69.4 Å². The molecule has 9 heteroatoms. The van der Waals surface area contributed by atoms with E-state index >= 15 is 0 Å². The van der Waals surface area contributed by atoms with E-state index < -0.39 is 10.8 Å². The van der Waals surface area contributed by atoms with Gasteiger partial charge in [0.1, 0.15) is 0 Å². The normalized spacial score (nSPS) is 20.9. The van der Waals surface area contributed by atoms with Crippen LogP contribution in [0.1, 0.15) is 28.4 Å². The highest BCUT2D eigenvalue weighted by Crippen LogP contribution is 2.36. The lowest BCUT2D eigenvalue weighted by molar-refractivity contribution is -0.992. The number of likely N-dealkylation sites (tertiary alicyclic amines) is 1. The maximum atomic E-state index is 13.4. The number of benzene rings is 1. The van der Waals surface area contributed by atoms with Crippen LogP contribution in [0, 0.1) is 11.1 Å². The van der Waals surface area contributed by atoms with Crippen molar-refractivity contribution in [3.63, 3.8) is 0 Å². The van der Waals surface area contributed by atoms with Crippen LogP contribution in [0.15, 0.2) is 47.4 Å². The number of carbonyl (C=O) groups excluding carboxylic acids is 1. The second kappa shape index (κ2) is 8.18. The molecule has 2 bridgehead atoms. The van der Waals surface area contributed by atoms with E-state index in [0.717, 1.165) is 29.6 Å². The Bertz CT molecular complexity index is 1230. The molecule has 1 fully saturated rings. The zero-order valence-electron chi connectivity index (χ0n) is 17.9. The summed E-state index contributed by atoms with van der Waals surface area (Å²) in [4.78, 5) is 27.9. The molecule has 0 saturated carbocycles. The van der Waals surface area contributed by atoms with Crippen LogP contribution < -0.4 is 10.8 Å². The van der Waals surface area contributed by atoms with Gasteiger partial charge in [-0.05, 0) is 42.0 Å². The molecule has 3 aromatic rings. The van der Waals surface area contributed by atoms with Crippen molar-refractivity contribution < 1.29 is 20.0 Å². The first-order valence-electron chi connectivity index (χ1n) is 10.8. The number of fused-ring (bicyclic) bond motifs is 5. The van der Waals surface area contributed by atoms with Gasteiger partial charge < -0.3 is 24.0 Å². The van der Waals surface area contributed by atoms with Crippen LogP contribution >= 0.6 is 0 Å². The number of nitrogens with one attached hydrogen (secondary N) is 1. The van der Waals surface area contributed by atoms with Gasteiger partial charge in [-0.2, -0.15) is 5.23 Å². The molecule has 2 aliphatic heterocycles. The number of carbonyl (C=O) groups is 1. The van der Waals surface area contributed by atoms with Crippen molar-refractivity contribution in [1.29, 1.82) is 0 Å². The maximum Gasteiger partial charge on any atom is 0.315 e. The lowest BCUT2D eigenvalue weighted by atomic mass is 9.83. The van der Waals surface area contributed by atoms with Gasteiger partial charge in [-0.25, -0.2) is 5.21 Å². The number of amides is 1. The molecule has 1 amide bonds. The van der Waals surface area contributed by atoms with Crippen LogP contribution in [-0.4, -0.2) is 52.0 Å². The van der Waals surface area contributed by atoms with E-state index in [1.165, 1.54) is 6.07 Å². The Labute approximate surface area is 184 Å². The average Bonchev–Trinajstić information content (AvgIpc) is 3.19. The molecule has 9 nitrogen and oxygen atoms in total. The zero-order chi connectivity index (χ0) is 22.4. The first-order chi connectivity index (χ1) is 15.5. The summed E-state index contributed by atoms with van der Waals surface area (Å²) in [7, 11) is 1.67. The minimum atomic E-state index is -1.21. The van der Waals surface area contributed by atoms with Crippen LogP contribution in [0.4, 0.5) is 5.69 Å². The van der Waals surface area contributed by atoms with E-state index in [2.05, 4.69) is 4.57 Å². The second-order valence-electron chi connectivity index (χ2n) is 8.68. The van der Waals surface area contributed by atoms with Gasteiger partial charge in [0.25, 0.3) is 5.91 Å². The SMILES string of the molecule is COCCn1ccc2ccc(C(=O)N3CC4CC(C3)c3ccc([NH+]([O-])O)c(=O)n3C4)cc21. The number of methoxy groups -OCH3 is 1. The molecule has 3 unspecified atom stereocenters. The smallest absolute Gasteiger partial charge is 0.315 e. The predicted octanol–water partition coefficient (Wildman–Crippen LogP) is 1.11. The van der Waals surface area contributed by atoms with Gasteiger partial charge >= 0.3 is 5.56 Å². The molecule has 5 rings (SSSR count). The van der Waals surface area contributed by atoms with Gasteiger partial charge in [0.05, 0.1) is 6.61 Å². The number of ether oxygens (including phenoxy) is 1. The minimum Gasteiger partial charge on any atom is -0.595 e. The number of piperidine rings is 1. The Kier molecular flexibility index (Phi) is 5.34. The molecule has 1 aromatic carbocycles. The monoisotopic (exact) mass is 438 g/mol. The summed E-state index contributed by atoms with van der Waals surface area (Å²) in [5.74, 6) is 0.136. The molecule has 32 heavy (non-hydrogen) atoms. The maximum absolute atomic E-state index is 13.4. The number of nitrogens with zero attached hydrogens (tertiary/aromatic N) is 3. The molecule has 0 spiro atoms. The summed E-state index contributed by atoms with van der Waals surface area (Å²) in [5, 5.41) is 20.5. The van der Waals surface area contributed by atoms with Gasteiger partial charge in [-0.15, -0.1) is 0 Å². The van der Waals surface area contributed by atoms with Crippen molar-refractivity contribution in [3.8, 4) is 0 Å². The summed E-state index contributed by atoms with van der Waals surface area (Å²) >= 11 is 0. The summed E-state index contributed by atoms with van der Waals surface area (Å²) in [6.45, 7) is 2.83. The molecule has 3 atom stereocenters. The average molecular weight is 438 g/mol. The minimum absolute atomic E-state index is 0.0148. The van der Waals surface area contributed by atoms with Gasteiger partial charge in [-0.1, -0.05) is 6.07 Å². The molecule has 4 heterocycles. The van der Waals surface area contributed by atoms with Crippen LogP contribution in [0.3, 0.4) is 0 Å². The summed E-state index contributed by atoms with van der Waals surface area (Å²) in [6, 6.07) is 10.9. The summed E-state index contributed by atoms with van der Waals surface area (Å²) < 4.78 is 8.87. The Morgan fingerprint density at radius 3 is 2.84 bits per heavy atom. The number of rotatable bonds is 5. The van der Waals surface area contributed by atoms with Crippen LogP contribution in [0.2, 0.25) is 0 Å². The molecule has 2 aliphatic rings. The molecule has 0 radical (unpaired) electrons. The van der Waals surface area contributed by atoms with Gasteiger partial charge in [0.15, 0.2) is 0 Å². The van der Waals surface area contributed by atoms with Crippen molar-refractivity contribution in [2.45, 2.75) is 25.4 Å². The first-order valence-corrected chi connectivity index (χ1v) is 10.8. The fourth-order valence-electron chi connectivity index (χ4n) is 5.16. The molecule has 1 saturated heterocycles. The molecule has 168 valence electrons. The van der Waals surface area contributed by atoms with Crippen molar-refractivity contribution in [2.75, 3.05) is 26.8 Å². The highest BCUT2D eigenvalue weighted by atomic mass is 16.8. The van der Waals surface area contributed by atoms with E-state index in [1.807, 2.05) is 35.4 Å². The summed E-state index contributed by atoms with van der Waals surface area (Å²) in [6.07, 6.45) is 2.90. The Hall–Kier alpha value is -2.98. The van der Waals surface area contributed by atoms with Crippen molar-refractivity contribution >= 4 is 22.5 Å². The predicted molar refractivity (Wildman–Crippen MR) is 117 cm³/mol. The number of aromatic nitrogens is 2. The quantitative estimate of drug-likeness (QED) is 0.581. The van der Waals surface area contributed by atoms with Gasteiger partial charge in [0.2, 0.25) is 5.69 Å². The largest absolute Gasteiger partial charge is 0.595 e. The fourth-order valence-corrected chi connectivity index (χ4v) is 5.16. The van der Waals surface area contributed by atoms with E-state index in [4.69, 9.17) is 4.74 Å². The zero-order valence-corrected chi connectivity index (χ0v) is 17.9. The first kappa shape index (κ1) is 20.9. The molecular weight excluding hydrogens is 412 g/mol. The number of hydrogen-bond acceptors (Lipinski definition) is 5. The van der Waals surface area contributed by atoms with Crippen molar-refractivity contribution in [1.82, 2.24) is 14.0 Å². The molecule has 2 N–H and O–H groups in total. The lowest BCUT2D eigenvalue weighted by Crippen LogP contribution is -3.00. The highest BCUT2D eigenvalue weighted by Gasteiger charge is 2.37. The Morgan fingerprint density at radius 2 is 2.06 bits per heavy atom. The third-order valence-electron chi connectivity index (χ3n) is 6.68. The van der Waals surface area contributed by atoms with E-state index in [-0.39, 0.29) is 23.4 Å². The Morgan fingerprint density at radius 1 is 1.22 bits per heavy atom. The van der Waals surface area contributed by atoms with E-state index in [9.17, 15) is 20.0 Å². The number of quaternary nitrogens is 1. The third kappa shape index (κ3) is 3.53. The van der Waals surface area contributed by atoms with Crippen LogP contribution in [-0.2, 0) is 17.8 Å². The van der Waals surface area contributed by atoms with Gasteiger partial charge in [-0.3, -0.25) is 9.59 Å². The molecule has 0 aliphatic carbocycles. The van der Waals surface area contributed by atoms with E-state index in [0.29, 0.717) is 31.8 Å². The van der Waals surface area contributed by atoms with Gasteiger partial charge in [0, 0.05) is 68.2 Å². The van der Waals surface area contributed by atoms with Crippen LogP contribution in [0.5, 0.6) is 0 Å². The lowest BCUT2D eigenvalue weighted by Gasteiger charge is -2.42. The van der Waals surface area contributed by atoms with E-state index in [1.54, 1.807) is 17.7 Å². The highest BCUT2D eigenvalue weighted by molar-refractivity contribution is 5.98. The van der Waals surface area contributed by atoms with Crippen molar-refractivity contribution in [2.24, 2.45) is 5.92 Å². The number of hydrogen-bond donors (Lipinski definition) is 2. The molecular formula is C23H26N4O5. The second-order valence-corrected chi connectivity index (χ2v) is 8.68. The fraction of sp³-hybridized carbons (Fsp3) is 0.391. The number of pyridine rings is 1. The molecule has 2 aromatic heterocycles. The van der Waals surface area contributed by atoms with Crippen LogP contribution in [0.25, 0.3) is 10.9 Å². The Balaban J connectivity index is 1.41. The topological polar surface area (TPSA) is 104 Å². The summed E-state index contributed by atoms with van der Waals surface area (Å²) in [5.41, 5.74) is 1.81. The third-order valence-corrected chi connectivity index (χ3v) is 6.68. The standard InChI is InChI=1S/C23H26N4O5/c1-32-9-8-24-7-6-16-2-3-17(11-21(16)24)22(28)25-12-15-10-18(14-25)19-4-5-20(27(30)31)23(29)26(19)13-15/h2-7,11,15,18,27,30H,8-10,12-14H2,1H3.